The van der Waals surface area contributed by atoms with Crippen molar-refractivity contribution < 1.29 is 4.74 Å². The van der Waals surface area contributed by atoms with Crippen LogP contribution in [0.3, 0.4) is 0 Å². The van der Waals surface area contributed by atoms with E-state index in [0.717, 1.165) is 32.0 Å². The van der Waals surface area contributed by atoms with E-state index in [1.807, 2.05) is 0 Å². The molecule has 16 heavy (non-hydrogen) atoms. The second-order valence-electron chi connectivity index (χ2n) is 3.82. The van der Waals surface area contributed by atoms with Crippen molar-refractivity contribution in [1.82, 2.24) is 14.9 Å². The van der Waals surface area contributed by atoms with Crippen LogP contribution in [0.1, 0.15) is 0 Å². The molecular formula is C10H15ClN4O. The minimum absolute atomic E-state index is 0.360. The highest BCUT2D eigenvalue weighted by Crippen LogP contribution is 2.24. The van der Waals surface area contributed by atoms with Crippen molar-refractivity contribution in [3.8, 4) is 6.01 Å². The van der Waals surface area contributed by atoms with Gasteiger partial charge in [-0.25, -0.2) is 4.98 Å². The van der Waals surface area contributed by atoms with E-state index in [-0.39, 0.29) is 0 Å². The number of halogens is 1. The number of aromatic nitrogens is 2. The Labute approximate surface area is 100.0 Å². The standard InChI is InChI=1S/C10H15ClN4O/c1-14-3-5-15(6-4-14)9-8(11)7-12-10(13-9)16-2/h7H,3-6H2,1-2H3. The van der Waals surface area contributed by atoms with Gasteiger partial charge in [-0.2, -0.15) is 4.98 Å². The molecule has 6 heteroatoms. The van der Waals surface area contributed by atoms with E-state index in [2.05, 4.69) is 26.8 Å². The molecule has 1 aliphatic rings. The second-order valence-corrected chi connectivity index (χ2v) is 4.23. The molecule has 1 fully saturated rings. The number of methoxy groups -OCH3 is 1. The Hall–Kier alpha value is -1.07. The molecule has 0 bridgehead atoms. The summed E-state index contributed by atoms with van der Waals surface area (Å²) in [5.41, 5.74) is 0. The van der Waals surface area contributed by atoms with Crippen LogP contribution < -0.4 is 9.64 Å². The highest BCUT2D eigenvalue weighted by Gasteiger charge is 2.18. The summed E-state index contributed by atoms with van der Waals surface area (Å²) in [6.45, 7) is 3.89. The van der Waals surface area contributed by atoms with Gasteiger partial charge in [-0.1, -0.05) is 11.6 Å². The Balaban J connectivity index is 2.19. The summed E-state index contributed by atoms with van der Waals surface area (Å²) in [6, 6.07) is 0.360. The summed E-state index contributed by atoms with van der Waals surface area (Å²) >= 11 is 6.09. The van der Waals surface area contributed by atoms with E-state index in [0.29, 0.717) is 11.0 Å². The molecule has 2 heterocycles. The third-order valence-corrected chi connectivity index (χ3v) is 2.96. The lowest BCUT2D eigenvalue weighted by atomic mass is 10.3. The molecule has 1 aromatic heterocycles. The molecule has 1 aromatic rings. The smallest absolute Gasteiger partial charge is 0.318 e. The Morgan fingerprint density at radius 3 is 2.62 bits per heavy atom. The molecule has 0 aromatic carbocycles. The summed E-state index contributed by atoms with van der Waals surface area (Å²) in [5.74, 6) is 0.765. The number of anilines is 1. The maximum absolute atomic E-state index is 6.09. The molecule has 0 amide bonds. The summed E-state index contributed by atoms with van der Waals surface area (Å²) in [4.78, 5) is 12.7. The van der Waals surface area contributed by atoms with Gasteiger partial charge < -0.3 is 14.5 Å². The van der Waals surface area contributed by atoms with E-state index < -0.39 is 0 Å². The summed E-state index contributed by atoms with van der Waals surface area (Å²) in [5, 5.41) is 0.574. The number of likely N-dealkylation sites (N-methyl/N-ethyl adjacent to an activating group) is 1. The van der Waals surface area contributed by atoms with Gasteiger partial charge in [0.25, 0.3) is 0 Å². The maximum Gasteiger partial charge on any atom is 0.318 e. The minimum atomic E-state index is 0.360. The fourth-order valence-electron chi connectivity index (χ4n) is 1.68. The van der Waals surface area contributed by atoms with Crippen molar-refractivity contribution >= 4 is 17.4 Å². The van der Waals surface area contributed by atoms with Crippen LogP contribution in [0.4, 0.5) is 5.82 Å². The summed E-state index contributed by atoms with van der Waals surface area (Å²) in [6.07, 6.45) is 1.58. The molecule has 5 nitrogen and oxygen atoms in total. The van der Waals surface area contributed by atoms with Crippen molar-refractivity contribution in [3.63, 3.8) is 0 Å². The minimum Gasteiger partial charge on any atom is -0.467 e. The maximum atomic E-state index is 6.09. The van der Waals surface area contributed by atoms with E-state index in [4.69, 9.17) is 16.3 Å². The number of nitrogens with zero attached hydrogens (tertiary/aromatic N) is 4. The highest BCUT2D eigenvalue weighted by atomic mass is 35.5. The quantitative estimate of drug-likeness (QED) is 0.771. The van der Waals surface area contributed by atoms with Crippen molar-refractivity contribution in [2.45, 2.75) is 0 Å². The first-order valence-electron chi connectivity index (χ1n) is 5.20. The zero-order chi connectivity index (χ0) is 11.5. The van der Waals surface area contributed by atoms with E-state index in [1.165, 1.54) is 0 Å². The summed E-state index contributed by atoms with van der Waals surface area (Å²) in [7, 11) is 3.66. The molecule has 0 N–H and O–H groups in total. The SMILES string of the molecule is COc1ncc(Cl)c(N2CCN(C)CC2)n1. The molecule has 0 radical (unpaired) electrons. The first kappa shape index (κ1) is 11.4. The number of piperazine rings is 1. The first-order valence-corrected chi connectivity index (χ1v) is 5.58. The molecule has 1 aliphatic heterocycles. The predicted molar refractivity (Wildman–Crippen MR) is 63.3 cm³/mol. The molecule has 88 valence electrons. The fraction of sp³-hybridized carbons (Fsp3) is 0.600. The Morgan fingerprint density at radius 1 is 1.31 bits per heavy atom. The topological polar surface area (TPSA) is 41.5 Å². The molecule has 0 saturated carbocycles. The first-order chi connectivity index (χ1) is 7.70. The van der Waals surface area contributed by atoms with Crippen LogP contribution in [0, 0.1) is 0 Å². The van der Waals surface area contributed by atoms with Gasteiger partial charge in [0.1, 0.15) is 5.02 Å². The van der Waals surface area contributed by atoms with Gasteiger partial charge >= 0.3 is 6.01 Å². The predicted octanol–water partition coefficient (Wildman–Crippen LogP) is 0.890. The van der Waals surface area contributed by atoms with Gasteiger partial charge in [0.15, 0.2) is 5.82 Å². The van der Waals surface area contributed by atoms with Crippen LogP contribution in [0.5, 0.6) is 6.01 Å². The van der Waals surface area contributed by atoms with Crippen molar-refractivity contribution in [1.29, 1.82) is 0 Å². The largest absolute Gasteiger partial charge is 0.467 e. The Bertz CT molecular complexity index is 366. The second kappa shape index (κ2) is 4.84. The van der Waals surface area contributed by atoms with Gasteiger partial charge in [0.05, 0.1) is 13.3 Å². The molecule has 2 rings (SSSR count). The van der Waals surface area contributed by atoms with E-state index in [1.54, 1.807) is 13.3 Å². The molecule has 0 atom stereocenters. The van der Waals surface area contributed by atoms with Crippen LogP contribution in [-0.4, -0.2) is 55.2 Å². The third-order valence-electron chi connectivity index (χ3n) is 2.69. The Kier molecular flexibility index (Phi) is 3.46. The van der Waals surface area contributed by atoms with Crippen LogP contribution in [0.15, 0.2) is 6.20 Å². The van der Waals surface area contributed by atoms with Crippen LogP contribution in [-0.2, 0) is 0 Å². The zero-order valence-corrected chi connectivity index (χ0v) is 10.2. The average molecular weight is 243 g/mol. The number of hydrogen-bond donors (Lipinski definition) is 0. The van der Waals surface area contributed by atoms with Gasteiger partial charge in [0, 0.05) is 26.2 Å². The van der Waals surface area contributed by atoms with Crippen LogP contribution >= 0.6 is 11.6 Å². The molecule has 0 unspecified atom stereocenters. The van der Waals surface area contributed by atoms with E-state index in [9.17, 15) is 0 Å². The lowest BCUT2D eigenvalue weighted by Crippen LogP contribution is -2.45. The number of rotatable bonds is 2. The summed E-state index contributed by atoms with van der Waals surface area (Å²) < 4.78 is 5.00. The molecular weight excluding hydrogens is 228 g/mol. The number of ether oxygens (including phenoxy) is 1. The van der Waals surface area contributed by atoms with Gasteiger partial charge in [-0.15, -0.1) is 0 Å². The fourth-order valence-corrected chi connectivity index (χ4v) is 1.89. The van der Waals surface area contributed by atoms with Gasteiger partial charge in [0.2, 0.25) is 0 Å². The van der Waals surface area contributed by atoms with Gasteiger partial charge in [-0.05, 0) is 7.05 Å². The van der Waals surface area contributed by atoms with Gasteiger partial charge in [-0.3, -0.25) is 0 Å². The number of hydrogen-bond acceptors (Lipinski definition) is 5. The normalized spacial score (nSPS) is 17.6. The molecule has 0 aliphatic carbocycles. The Morgan fingerprint density at radius 2 is 2.00 bits per heavy atom. The monoisotopic (exact) mass is 242 g/mol. The third kappa shape index (κ3) is 2.36. The van der Waals surface area contributed by atoms with E-state index >= 15 is 0 Å². The van der Waals surface area contributed by atoms with Crippen LogP contribution in [0.2, 0.25) is 5.02 Å². The zero-order valence-electron chi connectivity index (χ0n) is 9.48. The molecule has 1 saturated heterocycles. The van der Waals surface area contributed by atoms with Crippen LogP contribution in [0.25, 0.3) is 0 Å². The van der Waals surface area contributed by atoms with Crippen molar-refractivity contribution in [2.75, 3.05) is 45.2 Å². The van der Waals surface area contributed by atoms with Crippen molar-refractivity contribution in [3.05, 3.63) is 11.2 Å². The molecule has 0 spiro atoms. The van der Waals surface area contributed by atoms with Crippen molar-refractivity contribution in [2.24, 2.45) is 0 Å². The lowest BCUT2D eigenvalue weighted by molar-refractivity contribution is 0.311. The highest BCUT2D eigenvalue weighted by molar-refractivity contribution is 6.32. The lowest BCUT2D eigenvalue weighted by Gasteiger charge is -2.33. The average Bonchev–Trinajstić information content (AvgIpc) is 2.31.